The summed E-state index contributed by atoms with van der Waals surface area (Å²) in [6.45, 7) is 0. The predicted molar refractivity (Wildman–Crippen MR) is 118 cm³/mol. The molecule has 0 saturated carbocycles. The topological polar surface area (TPSA) is 83.6 Å². The van der Waals surface area contributed by atoms with E-state index in [9.17, 15) is 9.18 Å². The van der Waals surface area contributed by atoms with Crippen LogP contribution in [0, 0.1) is 5.82 Å². The molecular formula is C25H16FN5O. The number of nitrogens with one attached hydrogen (secondary N) is 2. The fourth-order valence-electron chi connectivity index (χ4n) is 4.36. The van der Waals surface area contributed by atoms with Gasteiger partial charge in [0.2, 0.25) is 0 Å². The van der Waals surface area contributed by atoms with Gasteiger partial charge in [-0.25, -0.2) is 9.37 Å². The lowest BCUT2D eigenvalue weighted by Gasteiger charge is -2.16. The molecule has 1 aliphatic rings. The van der Waals surface area contributed by atoms with Gasteiger partial charge in [0.1, 0.15) is 5.82 Å². The molecule has 1 amide bonds. The third-order valence-corrected chi connectivity index (χ3v) is 5.78. The van der Waals surface area contributed by atoms with Gasteiger partial charge in [0.05, 0.1) is 35.0 Å². The number of pyridine rings is 2. The minimum absolute atomic E-state index is 0.0353. The Morgan fingerprint density at radius 2 is 1.69 bits per heavy atom. The highest BCUT2D eigenvalue weighted by Gasteiger charge is 2.32. The molecule has 32 heavy (non-hydrogen) atoms. The van der Waals surface area contributed by atoms with Crippen LogP contribution in [0.5, 0.6) is 0 Å². The van der Waals surface area contributed by atoms with E-state index in [1.165, 1.54) is 12.3 Å². The number of hydrogen-bond acceptors (Lipinski definition) is 4. The molecule has 0 saturated heterocycles. The Kier molecular flexibility index (Phi) is 4.07. The molecule has 3 aromatic heterocycles. The quantitative estimate of drug-likeness (QED) is 0.444. The molecule has 0 unspecified atom stereocenters. The molecule has 2 N–H and O–H groups in total. The van der Waals surface area contributed by atoms with E-state index < -0.39 is 17.8 Å². The number of aromatic amines is 1. The van der Waals surface area contributed by atoms with E-state index in [0.29, 0.717) is 0 Å². The van der Waals surface area contributed by atoms with Crippen LogP contribution in [0.3, 0.4) is 0 Å². The van der Waals surface area contributed by atoms with Gasteiger partial charge in [0, 0.05) is 18.0 Å². The summed E-state index contributed by atoms with van der Waals surface area (Å²) in [7, 11) is 0. The van der Waals surface area contributed by atoms with Crippen molar-refractivity contribution >= 4 is 16.9 Å². The molecule has 6 nitrogen and oxygen atoms in total. The van der Waals surface area contributed by atoms with Crippen LogP contribution in [0.25, 0.3) is 33.5 Å². The normalized spacial score (nSPS) is 14.2. The zero-order chi connectivity index (χ0) is 21.7. The lowest BCUT2D eigenvalue weighted by Crippen LogP contribution is -2.28. The minimum atomic E-state index is -0.652. The maximum Gasteiger partial charge on any atom is 0.255 e. The van der Waals surface area contributed by atoms with Crippen molar-refractivity contribution in [3.8, 4) is 22.5 Å². The summed E-state index contributed by atoms with van der Waals surface area (Å²) in [5.74, 6) is -0.411. The van der Waals surface area contributed by atoms with Crippen LogP contribution in [-0.4, -0.2) is 25.8 Å². The van der Waals surface area contributed by atoms with Crippen molar-refractivity contribution in [2.24, 2.45) is 0 Å². The largest absolute Gasteiger partial charge is 0.341 e. The fourth-order valence-corrected chi connectivity index (χ4v) is 4.36. The second-order valence-corrected chi connectivity index (χ2v) is 7.60. The monoisotopic (exact) mass is 421 g/mol. The number of rotatable bonds is 3. The molecule has 0 radical (unpaired) electrons. The molecule has 154 valence electrons. The van der Waals surface area contributed by atoms with Crippen LogP contribution >= 0.6 is 0 Å². The van der Waals surface area contributed by atoms with Gasteiger partial charge in [0.15, 0.2) is 5.82 Å². The predicted octanol–water partition coefficient (Wildman–Crippen LogP) is 4.66. The second kappa shape index (κ2) is 7.09. The summed E-state index contributed by atoms with van der Waals surface area (Å²) in [6, 6.07) is 16.7. The molecular weight excluding hydrogens is 405 g/mol. The number of benzene rings is 2. The third kappa shape index (κ3) is 2.79. The molecule has 6 rings (SSSR count). The van der Waals surface area contributed by atoms with E-state index in [1.54, 1.807) is 12.4 Å². The van der Waals surface area contributed by atoms with Crippen molar-refractivity contribution in [3.05, 3.63) is 102 Å². The van der Waals surface area contributed by atoms with E-state index >= 15 is 0 Å². The average molecular weight is 421 g/mol. The van der Waals surface area contributed by atoms with Crippen molar-refractivity contribution < 1.29 is 9.18 Å². The molecule has 3 heterocycles. The summed E-state index contributed by atoms with van der Waals surface area (Å²) in [4.78, 5) is 28.9. The summed E-state index contributed by atoms with van der Waals surface area (Å²) in [5.41, 5.74) is 6.47. The zero-order valence-corrected chi connectivity index (χ0v) is 16.7. The molecule has 2 aromatic carbocycles. The smallest absolute Gasteiger partial charge is 0.255 e. The highest BCUT2D eigenvalue weighted by molar-refractivity contribution is 5.97. The summed E-state index contributed by atoms with van der Waals surface area (Å²) < 4.78 is 14.2. The number of nitrogens with zero attached hydrogens (tertiary/aromatic N) is 3. The van der Waals surface area contributed by atoms with Gasteiger partial charge in [-0.1, -0.05) is 42.5 Å². The van der Waals surface area contributed by atoms with Crippen molar-refractivity contribution in [2.75, 3.05) is 0 Å². The lowest BCUT2D eigenvalue weighted by molar-refractivity contribution is 0.0939. The molecule has 5 aromatic rings. The Bertz CT molecular complexity index is 1480. The van der Waals surface area contributed by atoms with Gasteiger partial charge in [-0.15, -0.1) is 0 Å². The molecule has 0 bridgehead atoms. The number of fused-ring (bicyclic) bond motifs is 4. The molecule has 0 aliphatic heterocycles. The second-order valence-electron chi connectivity index (χ2n) is 7.60. The third-order valence-electron chi connectivity index (χ3n) is 5.78. The fraction of sp³-hybridized carbons (Fsp3) is 0.0400. The maximum absolute atomic E-state index is 14.2. The van der Waals surface area contributed by atoms with Gasteiger partial charge >= 0.3 is 0 Å². The Balaban J connectivity index is 1.49. The summed E-state index contributed by atoms with van der Waals surface area (Å²) in [5, 5.41) is 3.01. The van der Waals surface area contributed by atoms with Crippen molar-refractivity contribution in [1.29, 1.82) is 0 Å². The van der Waals surface area contributed by atoms with Crippen molar-refractivity contribution in [3.63, 3.8) is 0 Å². The SMILES string of the molecule is O=C(N[C@@H]1c2ccccc2-c2c(-c3nc4ccncc4[nH]3)cccc21)c1ccncc1F. The Morgan fingerprint density at radius 1 is 0.906 bits per heavy atom. The summed E-state index contributed by atoms with van der Waals surface area (Å²) in [6.07, 6.45) is 5.90. The summed E-state index contributed by atoms with van der Waals surface area (Å²) >= 11 is 0. The van der Waals surface area contributed by atoms with Crippen LogP contribution in [0.1, 0.15) is 27.5 Å². The first-order valence-corrected chi connectivity index (χ1v) is 10.1. The zero-order valence-electron chi connectivity index (χ0n) is 16.7. The molecule has 0 spiro atoms. The number of aromatic nitrogens is 4. The Morgan fingerprint density at radius 3 is 2.56 bits per heavy atom. The van der Waals surface area contributed by atoms with Gasteiger partial charge in [-0.2, -0.15) is 0 Å². The Labute approximate surface area is 182 Å². The number of halogens is 1. The number of carbonyl (C=O) groups excluding carboxylic acids is 1. The highest BCUT2D eigenvalue weighted by Crippen LogP contribution is 2.47. The lowest BCUT2D eigenvalue weighted by atomic mass is 9.98. The van der Waals surface area contributed by atoms with Crippen LogP contribution in [0.2, 0.25) is 0 Å². The van der Waals surface area contributed by atoms with Crippen LogP contribution < -0.4 is 5.32 Å². The first-order valence-electron chi connectivity index (χ1n) is 10.1. The van der Waals surface area contributed by atoms with Gasteiger partial charge in [-0.3, -0.25) is 14.8 Å². The number of imidazole rings is 1. The Hall–Kier alpha value is -4.39. The number of carbonyl (C=O) groups is 1. The molecule has 7 heteroatoms. The van der Waals surface area contributed by atoms with Crippen molar-refractivity contribution in [1.82, 2.24) is 25.3 Å². The van der Waals surface area contributed by atoms with E-state index in [-0.39, 0.29) is 5.56 Å². The standard InChI is InChI=1S/C25H16FN5O/c26-19-12-27-10-8-16(19)25(32)31-23-15-5-2-1-4-14(15)22-17(23)6-3-7-18(22)24-29-20-9-11-28-13-21(20)30-24/h1-13,23H,(H,29,30)(H,31,32)/t23-/m1/s1. The van der Waals surface area contributed by atoms with Crippen LogP contribution in [0.15, 0.2) is 79.4 Å². The van der Waals surface area contributed by atoms with Gasteiger partial charge in [-0.05, 0) is 34.4 Å². The maximum atomic E-state index is 14.2. The van der Waals surface area contributed by atoms with E-state index in [2.05, 4.69) is 20.3 Å². The minimum Gasteiger partial charge on any atom is -0.341 e. The number of hydrogen-bond donors (Lipinski definition) is 2. The van der Waals surface area contributed by atoms with Gasteiger partial charge < -0.3 is 10.3 Å². The first-order chi connectivity index (χ1) is 15.7. The van der Waals surface area contributed by atoms with Gasteiger partial charge in [0.25, 0.3) is 5.91 Å². The highest BCUT2D eigenvalue weighted by atomic mass is 19.1. The average Bonchev–Trinajstić information content (AvgIpc) is 3.39. The van der Waals surface area contributed by atoms with E-state index in [0.717, 1.165) is 50.9 Å². The van der Waals surface area contributed by atoms with Crippen LogP contribution in [-0.2, 0) is 0 Å². The van der Waals surface area contributed by atoms with Crippen LogP contribution in [0.4, 0.5) is 4.39 Å². The van der Waals surface area contributed by atoms with E-state index in [1.807, 2.05) is 48.5 Å². The van der Waals surface area contributed by atoms with E-state index in [4.69, 9.17) is 4.98 Å². The number of H-pyrrole nitrogens is 1. The van der Waals surface area contributed by atoms with Crippen molar-refractivity contribution in [2.45, 2.75) is 6.04 Å². The molecule has 1 atom stereocenters. The number of amides is 1. The molecule has 0 fully saturated rings. The molecule has 1 aliphatic carbocycles. The first kappa shape index (κ1) is 18.4.